The fraction of sp³-hybridized carbons (Fsp3) is 0.346. The molecule has 76 heavy (non-hydrogen) atoms. The van der Waals surface area contributed by atoms with Gasteiger partial charge in [0.1, 0.15) is 66.0 Å². The molecule has 2 fully saturated rings. The van der Waals surface area contributed by atoms with E-state index in [2.05, 4.69) is 37.0 Å². The number of nitriles is 1. The number of likely N-dealkylation sites (tertiary alicyclic amines) is 1. The van der Waals surface area contributed by atoms with Gasteiger partial charge in [-0.2, -0.15) is 10.4 Å². The Morgan fingerprint density at radius 1 is 0.895 bits per heavy atom. The number of amides is 6. The smallest absolute Gasteiger partial charge is 0.407 e. The van der Waals surface area contributed by atoms with Gasteiger partial charge in [0.25, 0.3) is 17.7 Å². The van der Waals surface area contributed by atoms with E-state index in [0.717, 1.165) is 22.6 Å². The maximum atomic E-state index is 13.7. The Morgan fingerprint density at radius 2 is 1.68 bits per heavy atom. The minimum Gasteiger partial charge on any atom is -0.491 e. The van der Waals surface area contributed by atoms with Crippen LogP contribution in [0.2, 0.25) is 0 Å². The lowest BCUT2D eigenvalue weighted by atomic mass is 10.0. The van der Waals surface area contributed by atoms with E-state index < -0.39 is 35.8 Å². The Hall–Kier alpha value is -9.08. The SMILES string of the molecule is N#C/C(=C/CCc1cn(CCOCCOCCOC(=O)NCCOc2cccc3c2C(=O)N(C2CCC(=O)NC2=O)C3=O)nn1)C(=O)N1CCC[C@@H](n2nc(-c3ccc(Oc4ccccc4)cc3)c3c(N)ncnc32)C1. The first kappa shape index (κ1) is 51.8. The number of rotatable bonds is 22. The Kier molecular flexibility index (Phi) is 16.6. The predicted octanol–water partition coefficient (Wildman–Crippen LogP) is 3.95. The normalized spacial score (nSPS) is 16.6. The van der Waals surface area contributed by atoms with E-state index in [1.54, 1.807) is 27.9 Å². The minimum absolute atomic E-state index is 0.00447. The lowest BCUT2D eigenvalue weighted by Gasteiger charge is -2.32. The second-order valence-corrected chi connectivity index (χ2v) is 17.7. The van der Waals surface area contributed by atoms with E-state index in [0.29, 0.717) is 79.5 Å². The van der Waals surface area contributed by atoms with Crippen molar-refractivity contribution in [2.24, 2.45) is 0 Å². The molecule has 0 aliphatic carbocycles. The van der Waals surface area contributed by atoms with Crippen molar-refractivity contribution in [2.75, 3.05) is 65.0 Å². The monoisotopic (exact) mass is 1040 g/mol. The molecule has 392 valence electrons. The summed E-state index contributed by atoms with van der Waals surface area (Å²) in [7, 11) is 0. The van der Waals surface area contributed by atoms with Crippen LogP contribution in [0.3, 0.4) is 0 Å². The number of allylic oxidation sites excluding steroid dienone is 1. The Morgan fingerprint density at radius 3 is 2.49 bits per heavy atom. The molecule has 3 aliphatic rings. The molecule has 0 spiro atoms. The van der Waals surface area contributed by atoms with Crippen LogP contribution in [0.4, 0.5) is 10.6 Å². The van der Waals surface area contributed by atoms with Crippen molar-refractivity contribution in [2.45, 2.75) is 57.2 Å². The van der Waals surface area contributed by atoms with Gasteiger partial charge in [-0.25, -0.2) is 24.1 Å². The summed E-state index contributed by atoms with van der Waals surface area (Å²) in [5.74, 6) is -1.08. The highest BCUT2D eigenvalue weighted by Gasteiger charge is 2.46. The van der Waals surface area contributed by atoms with Gasteiger partial charge < -0.3 is 39.6 Å². The van der Waals surface area contributed by atoms with Crippen molar-refractivity contribution >= 4 is 52.5 Å². The fourth-order valence-electron chi connectivity index (χ4n) is 9.02. The molecule has 3 aromatic carbocycles. The number of aryl methyl sites for hydroxylation is 1. The van der Waals surface area contributed by atoms with Crippen LogP contribution in [0, 0.1) is 11.3 Å². The average molecular weight is 1040 g/mol. The number of hydrogen-bond acceptors (Lipinski definition) is 18. The third-order valence-electron chi connectivity index (χ3n) is 12.7. The van der Waals surface area contributed by atoms with Crippen LogP contribution in [-0.2, 0) is 41.6 Å². The highest BCUT2D eigenvalue weighted by atomic mass is 16.6. The van der Waals surface area contributed by atoms with E-state index in [9.17, 15) is 34.0 Å². The van der Waals surface area contributed by atoms with Crippen molar-refractivity contribution in [1.29, 1.82) is 5.26 Å². The highest BCUT2D eigenvalue weighted by molar-refractivity contribution is 6.24. The fourth-order valence-corrected chi connectivity index (χ4v) is 9.02. The Labute approximate surface area is 434 Å². The first-order chi connectivity index (χ1) is 37.1. The Bertz CT molecular complexity index is 3190. The van der Waals surface area contributed by atoms with E-state index >= 15 is 0 Å². The number of hydrogen-bond donors (Lipinski definition) is 3. The summed E-state index contributed by atoms with van der Waals surface area (Å²) in [5.41, 5.74) is 9.21. The summed E-state index contributed by atoms with van der Waals surface area (Å²) < 4.78 is 31.4. The number of ether oxygens (including phenoxy) is 5. The maximum absolute atomic E-state index is 13.7. The van der Waals surface area contributed by atoms with Crippen molar-refractivity contribution in [3.63, 3.8) is 0 Å². The first-order valence-electron chi connectivity index (χ1n) is 24.7. The van der Waals surface area contributed by atoms with Crippen molar-refractivity contribution in [3.8, 4) is 34.6 Å². The molecule has 0 radical (unpaired) electrons. The molecule has 2 saturated heterocycles. The predicted molar refractivity (Wildman–Crippen MR) is 268 cm³/mol. The summed E-state index contributed by atoms with van der Waals surface area (Å²) in [6.07, 6.45) is 6.45. The summed E-state index contributed by atoms with van der Waals surface area (Å²) in [4.78, 5) is 87.5. The molecule has 6 amide bonds. The summed E-state index contributed by atoms with van der Waals surface area (Å²) in [5, 5.41) is 28.7. The van der Waals surface area contributed by atoms with Crippen molar-refractivity contribution in [3.05, 3.63) is 114 Å². The van der Waals surface area contributed by atoms with Crippen LogP contribution < -0.4 is 25.8 Å². The zero-order chi connectivity index (χ0) is 53.0. The van der Waals surface area contributed by atoms with Crippen LogP contribution in [0.25, 0.3) is 22.3 Å². The molecular formula is C52H53N13O11. The number of nitrogens with one attached hydrogen (secondary N) is 2. The van der Waals surface area contributed by atoms with Gasteiger partial charge in [-0.3, -0.25) is 34.2 Å². The number of carbonyl (C=O) groups excluding carboxylic acids is 6. The van der Waals surface area contributed by atoms with Crippen LogP contribution in [-0.4, -0.2) is 145 Å². The average Bonchev–Trinajstić information content (AvgIpc) is 4.14. The lowest BCUT2D eigenvalue weighted by Crippen LogP contribution is -2.54. The third-order valence-corrected chi connectivity index (χ3v) is 12.7. The molecule has 0 saturated carbocycles. The van der Waals surface area contributed by atoms with E-state index in [4.69, 9.17) is 34.5 Å². The molecule has 9 rings (SSSR count). The molecule has 2 atom stereocenters. The molecule has 6 heterocycles. The van der Waals surface area contributed by atoms with E-state index in [-0.39, 0.29) is 86.8 Å². The highest BCUT2D eigenvalue weighted by Crippen LogP contribution is 2.36. The third kappa shape index (κ3) is 12.1. The number of imide groups is 2. The number of nitrogen functional groups attached to an aromatic ring is 1. The van der Waals surface area contributed by atoms with Gasteiger partial charge in [-0.15, -0.1) is 5.10 Å². The number of alkyl carbamates (subject to hydrolysis) is 1. The maximum Gasteiger partial charge on any atom is 0.407 e. The second kappa shape index (κ2) is 24.3. The molecule has 0 bridgehead atoms. The number of carbonyl (C=O) groups is 6. The summed E-state index contributed by atoms with van der Waals surface area (Å²) >= 11 is 0. The van der Waals surface area contributed by atoms with Crippen molar-refractivity contribution < 1.29 is 52.5 Å². The Balaban J connectivity index is 0.647. The number of benzene rings is 3. The van der Waals surface area contributed by atoms with Gasteiger partial charge in [0.05, 0.1) is 67.8 Å². The standard InChI is InChI=1S/C52H53N13O11/c53-29-34(49(68)62-21-6-9-36(31-62)65-47-44(46(54)56-32-57-47)45(60-65)33-14-16-38(17-15-33)76-37-10-2-1-3-11-37)7-4-8-35-30-63(61-59-35)22-24-72-25-26-73-27-28-75-52(71)55-20-23-74-41-13-5-12-39-43(41)51(70)64(50(39)69)40-18-19-42(66)58-48(40)67/h1-3,5,7,10-17,30,32,36,40H,4,6,8-9,18-28,31H2,(H,55,71)(H2,54,56,57)(H,58,66,67)/b34-7-/t36-,40?/m1/s1. The van der Waals surface area contributed by atoms with Crippen LogP contribution in [0.1, 0.15) is 64.6 Å². The van der Waals surface area contributed by atoms with Gasteiger partial charge in [0, 0.05) is 31.3 Å². The molecule has 3 aliphatic heterocycles. The second-order valence-electron chi connectivity index (χ2n) is 17.7. The van der Waals surface area contributed by atoms with Crippen molar-refractivity contribution in [1.82, 2.24) is 55.2 Å². The largest absolute Gasteiger partial charge is 0.491 e. The molecule has 4 N–H and O–H groups in total. The molecule has 24 heteroatoms. The molecular weight excluding hydrogens is 983 g/mol. The lowest BCUT2D eigenvalue weighted by molar-refractivity contribution is -0.136. The van der Waals surface area contributed by atoms with Crippen LogP contribution in [0.5, 0.6) is 17.2 Å². The number of aromatic nitrogens is 7. The quantitative estimate of drug-likeness (QED) is 0.0375. The van der Waals surface area contributed by atoms with Gasteiger partial charge in [0.2, 0.25) is 11.8 Å². The van der Waals surface area contributed by atoms with E-state index in [1.807, 2.05) is 59.3 Å². The molecule has 3 aromatic heterocycles. The number of nitrogens with zero attached hydrogens (tertiary/aromatic N) is 10. The molecule has 6 aromatic rings. The van der Waals surface area contributed by atoms with Crippen LogP contribution in [0.15, 0.2) is 97.0 Å². The zero-order valence-corrected chi connectivity index (χ0v) is 41.2. The number of fused-ring (bicyclic) bond motifs is 2. The number of nitrogens with two attached hydrogens (primary N) is 1. The number of piperidine rings is 2. The molecule has 1 unspecified atom stereocenters. The number of anilines is 1. The van der Waals surface area contributed by atoms with Crippen LogP contribution >= 0.6 is 0 Å². The minimum atomic E-state index is -1.10. The van der Waals surface area contributed by atoms with E-state index in [1.165, 1.54) is 18.5 Å². The van der Waals surface area contributed by atoms with Gasteiger partial charge in [0.15, 0.2) is 5.65 Å². The zero-order valence-electron chi connectivity index (χ0n) is 41.2. The first-order valence-corrected chi connectivity index (χ1v) is 24.7. The van der Waals surface area contributed by atoms with Gasteiger partial charge in [-0.1, -0.05) is 35.6 Å². The molecule has 24 nitrogen and oxygen atoms in total. The summed E-state index contributed by atoms with van der Waals surface area (Å²) in [6.45, 7) is 2.19. The summed E-state index contributed by atoms with van der Waals surface area (Å²) in [6, 6.07) is 22.3. The number of para-hydroxylation sites is 1. The van der Waals surface area contributed by atoms with Gasteiger partial charge >= 0.3 is 6.09 Å². The topological polar surface area (TPSA) is 303 Å². The van der Waals surface area contributed by atoms with Gasteiger partial charge in [-0.05, 0) is 80.6 Å².